The molecule has 0 saturated heterocycles. The van der Waals surface area contributed by atoms with Crippen molar-refractivity contribution in [1.29, 1.82) is 0 Å². The number of nitrogens with one attached hydrogen (secondary N) is 1. The van der Waals surface area contributed by atoms with E-state index in [-0.39, 0.29) is 12.5 Å². The second-order valence-corrected chi connectivity index (χ2v) is 4.77. The van der Waals surface area contributed by atoms with E-state index >= 15 is 0 Å². The molecule has 0 saturated carbocycles. The van der Waals surface area contributed by atoms with E-state index in [4.69, 9.17) is 16.3 Å². The van der Waals surface area contributed by atoms with Gasteiger partial charge in [-0.25, -0.2) is 0 Å². The van der Waals surface area contributed by atoms with Crippen LogP contribution in [0.5, 0.6) is 5.75 Å². The van der Waals surface area contributed by atoms with Crippen molar-refractivity contribution < 1.29 is 14.1 Å². The van der Waals surface area contributed by atoms with Crippen LogP contribution in [0, 0.1) is 6.92 Å². The van der Waals surface area contributed by atoms with Gasteiger partial charge in [0, 0.05) is 24.7 Å². The molecule has 1 amide bonds. The third-order valence-corrected chi connectivity index (χ3v) is 3.21. The number of hydrogen-bond donors (Lipinski definition) is 1. The zero-order chi connectivity index (χ0) is 14.5. The van der Waals surface area contributed by atoms with Crippen LogP contribution >= 0.6 is 11.6 Å². The summed E-state index contributed by atoms with van der Waals surface area (Å²) in [4.78, 5) is 12.0. The van der Waals surface area contributed by atoms with Gasteiger partial charge in [-0.3, -0.25) is 4.79 Å². The van der Waals surface area contributed by atoms with Crippen LogP contribution in [-0.2, 0) is 11.3 Å². The van der Waals surface area contributed by atoms with E-state index in [2.05, 4.69) is 5.32 Å². The number of amides is 1. The summed E-state index contributed by atoms with van der Waals surface area (Å²) in [5.74, 6) is 0.475. The van der Waals surface area contributed by atoms with Crippen molar-refractivity contribution in [3.8, 4) is 5.75 Å². The zero-order valence-corrected chi connectivity index (χ0v) is 12.1. The summed E-state index contributed by atoms with van der Waals surface area (Å²) in [5, 5.41) is 3.28. The Labute approximate surface area is 123 Å². The SMILES string of the molecule is COc1ccc(NC(=O)C[n+]2ccccc2C)cc1Cl. The topological polar surface area (TPSA) is 42.2 Å². The van der Waals surface area contributed by atoms with Crippen molar-refractivity contribution in [2.75, 3.05) is 12.4 Å². The third kappa shape index (κ3) is 3.48. The van der Waals surface area contributed by atoms with Crippen molar-refractivity contribution in [2.45, 2.75) is 13.5 Å². The summed E-state index contributed by atoms with van der Waals surface area (Å²) in [6.07, 6.45) is 1.87. The maximum absolute atomic E-state index is 12.0. The number of carbonyl (C=O) groups is 1. The van der Waals surface area contributed by atoms with Crippen molar-refractivity contribution in [1.82, 2.24) is 0 Å². The number of aryl methyl sites for hydroxylation is 1. The molecule has 104 valence electrons. The molecule has 0 fully saturated rings. The number of ether oxygens (including phenoxy) is 1. The Kier molecular flexibility index (Phi) is 4.58. The van der Waals surface area contributed by atoms with E-state index in [0.29, 0.717) is 16.5 Å². The van der Waals surface area contributed by atoms with Gasteiger partial charge in [0.15, 0.2) is 11.9 Å². The predicted molar refractivity (Wildman–Crippen MR) is 78.0 cm³/mol. The lowest BCUT2D eigenvalue weighted by Crippen LogP contribution is -2.42. The second kappa shape index (κ2) is 6.39. The Hall–Kier alpha value is -2.07. The van der Waals surface area contributed by atoms with Gasteiger partial charge in [0.1, 0.15) is 5.75 Å². The average Bonchev–Trinajstić information content (AvgIpc) is 2.41. The van der Waals surface area contributed by atoms with Gasteiger partial charge in [-0.1, -0.05) is 17.7 Å². The molecule has 0 spiro atoms. The van der Waals surface area contributed by atoms with Crippen LogP contribution in [0.3, 0.4) is 0 Å². The lowest BCUT2D eigenvalue weighted by atomic mass is 10.3. The fourth-order valence-corrected chi connectivity index (χ4v) is 2.10. The molecule has 1 aromatic carbocycles. The largest absolute Gasteiger partial charge is 0.495 e. The summed E-state index contributed by atoms with van der Waals surface area (Å²) in [5.41, 5.74) is 1.67. The predicted octanol–water partition coefficient (Wildman–Crippen LogP) is 2.58. The number of aromatic nitrogens is 1. The highest BCUT2D eigenvalue weighted by Crippen LogP contribution is 2.27. The molecule has 4 nitrogen and oxygen atoms in total. The van der Waals surface area contributed by atoms with Gasteiger partial charge in [-0.2, -0.15) is 4.57 Å². The number of benzene rings is 1. The van der Waals surface area contributed by atoms with Gasteiger partial charge in [0.25, 0.3) is 5.91 Å². The molecule has 20 heavy (non-hydrogen) atoms. The summed E-state index contributed by atoms with van der Waals surface area (Å²) >= 11 is 6.02. The van der Waals surface area contributed by atoms with E-state index in [9.17, 15) is 4.79 Å². The van der Waals surface area contributed by atoms with E-state index in [1.165, 1.54) is 0 Å². The number of rotatable bonds is 4. The Bertz CT molecular complexity index is 629. The molecule has 2 aromatic rings. The second-order valence-electron chi connectivity index (χ2n) is 4.37. The van der Waals surface area contributed by atoms with Gasteiger partial charge < -0.3 is 10.1 Å². The minimum atomic E-state index is -0.106. The number of methoxy groups -OCH3 is 1. The van der Waals surface area contributed by atoms with Gasteiger partial charge in [0.05, 0.1) is 12.1 Å². The molecule has 0 atom stereocenters. The maximum atomic E-state index is 12.0. The monoisotopic (exact) mass is 291 g/mol. The van der Waals surface area contributed by atoms with E-state index in [1.54, 1.807) is 25.3 Å². The first kappa shape index (κ1) is 14.3. The van der Waals surface area contributed by atoms with Crippen molar-refractivity contribution in [3.05, 3.63) is 53.3 Å². The summed E-state index contributed by atoms with van der Waals surface area (Å²) in [7, 11) is 1.55. The van der Waals surface area contributed by atoms with E-state index in [1.807, 2.05) is 35.9 Å². The normalized spacial score (nSPS) is 10.2. The lowest BCUT2D eigenvalue weighted by molar-refractivity contribution is -0.690. The molecule has 2 rings (SSSR count). The zero-order valence-electron chi connectivity index (χ0n) is 11.4. The molecule has 0 aliphatic rings. The Balaban J connectivity index is 2.05. The molecule has 1 aromatic heterocycles. The highest BCUT2D eigenvalue weighted by atomic mass is 35.5. The number of hydrogen-bond acceptors (Lipinski definition) is 2. The number of halogens is 1. The minimum absolute atomic E-state index is 0.106. The average molecular weight is 292 g/mol. The molecule has 5 heteroatoms. The number of nitrogens with zero attached hydrogens (tertiary/aromatic N) is 1. The molecule has 1 heterocycles. The molecule has 1 N–H and O–H groups in total. The van der Waals surface area contributed by atoms with Crippen molar-refractivity contribution >= 4 is 23.2 Å². The quantitative estimate of drug-likeness (QED) is 0.880. The fourth-order valence-electron chi connectivity index (χ4n) is 1.84. The minimum Gasteiger partial charge on any atom is -0.495 e. The standard InChI is InChI=1S/C15H15ClN2O2/c1-11-5-3-4-8-18(11)10-15(19)17-12-6-7-14(20-2)13(16)9-12/h3-9H,10H2,1-2H3/p+1. The molecule has 0 radical (unpaired) electrons. The van der Waals surface area contributed by atoms with E-state index < -0.39 is 0 Å². The molecular formula is C15H16ClN2O2+. The Morgan fingerprint density at radius 2 is 2.15 bits per heavy atom. The van der Waals surface area contributed by atoms with Crippen LogP contribution in [0.4, 0.5) is 5.69 Å². The van der Waals surface area contributed by atoms with Crippen LogP contribution in [-0.4, -0.2) is 13.0 Å². The first-order chi connectivity index (χ1) is 9.60. The van der Waals surface area contributed by atoms with Crippen LogP contribution in [0.25, 0.3) is 0 Å². The van der Waals surface area contributed by atoms with Crippen LogP contribution in [0.1, 0.15) is 5.69 Å². The molecule has 0 bridgehead atoms. The molecule has 0 unspecified atom stereocenters. The summed E-state index contributed by atoms with van der Waals surface area (Å²) < 4.78 is 6.94. The number of carbonyl (C=O) groups excluding carboxylic acids is 1. The maximum Gasteiger partial charge on any atom is 0.290 e. The van der Waals surface area contributed by atoms with Gasteiger partial charge in [-0.15, -0.1) is 0 Å². The number of pyridine rings is 1. The first-order valence-electron chi connectivity index (χ1n) is 6.18. The fraction of sp³-hybridized carbons (Fsp3) is 0.200. The highest BCUT2D eigenvalue weighted by molar-refractivity contribution is 6.32. The Morgan fingerprint density at radius 3 is 2.80 bits per heavy atom. The van der Waals surface area contributed by atoms with Gasteiger partial charge in [-0.05, 0) is 18.2 Å². The molecule has 0 aliphatic heterocycles. The van der Waals surface area contributed by atoms with Gasteiger partial charge >= 0.3 is 0 Å². The van der Waals surface area contributed by atoms with Crippen molar-refractivity contribution in [3.63, 3.8) is 0 Å². The highest BCUT2D eigenvalue weighted by Gasteiger charge is 2.12. The van der Waals surface area contributed by atoms with E-state index in [0.717, 1.165) is 5.69 Å². The summed E-state index contributed by atoms with van der Waals surface area (Å²) in [6.45, 7) is 2.22. The number of anilines is 1. The van der Waals surface area contributed by atoms with Crippen LogP contribution < -0.4 is 14.6 Å². The van der Waals surface area contributed by atoms with Crippen LogP contribution in [0.15, 0.2) is 42.6 Å². The van der Waals surface area contributed by atoms with Crippen LogP contribution in [0.2, 0.25) is 5.02 Å². The third-order valence-electron chi connectivity index (χ3n) is 2.92. The molecular weight excluding hydrogens is 276 g/mol. The lowest BCUT2D eigenvalue weighted by Gasteiger charge is -2.07. The smallest absolute Gasteiger partial charge is 0.290 e. The summed E-state index contributed by atoms with van der Waals surface area (Å²) in [6, 6.07) is 10.9. The first-order valence-corrected chi connectivity index (χ1v) is 6.56. The molecule has 0 aliphatic carbocycles. The van der Waals surface area contributed by atoms with Crippen molar-refractivity contribution in [2.24, 2.45) is 0 Å². The van der Waals surface area contributed by atoms with Gasteiger partial charge in [0.2, 0.25) is 6.54 Å². The Morgan fingerprint density at radius 1 is 1.35 bits per heavy atom.